The first kappa shape index (κ1) is 17.9. The molecule has 1 N–H and O–H groups in total. The number of oxime groups is 1. The van der Waals surface area contributed by atoms with Crippen LogP contribution in [0.1, 0.15) is 50.5 Å². The molecule has 1 saturated heterocycles. The van der Waals surface area contributed by atoms with Gasteiger partial charge in [-0.1, -0.05) is 18.0 Å². The van der Waals surface area contributed by atoms with Crippen molar-refractivity contribution >= 4 is 17.5 Å². The number of hydrogen-bond acceptors (Lipinski definition) is 5. The lowest BCUT2D eigenvalue weighted by Gasteiger charge is -2.39. The minimum absolute atomic E-state index is 0.172. The average molecular weight is 370 g/mol. The quantitative estimate of drug-likeness (QED) is 0.879. The highest BCUT2D eigenvalue weighted by Crippen LogP contribution is 2.35. The maximum absolute atomic E-state index is 12.8. The van der Waals surface area contributed by atoms with Gasteiger partial charge < -0.3 is 15.1 Å². The van der Waals surface area contributed by atoms with E-state index >= 15 is 0 Å². The van der Waals surface area contributed by atoms with Gasteiger partial charge in [0.15, 0.2) is 5.60 Å². The lowest BCUT2D eigenvalue weighted by molar-refractivity contribution is -0.144. The lowest BCUT2D eigenvalue weighted by atomic mass is 9.87. The number of amides is 2. The summed E-state index contributed by atoms with van der Waals surface area (Å²) in [6, 6.07) is 3.73. The number of pyridine rings is 1. The number of carbonyl (C=O) groups is 2. The molecule has 1 atom stereocenters. The monoisotopic (exact) mass is 370 g/mol. The molecule has 2 fully saturated rings. The van der Waals surface area contributed by atoms with Crippen LogP contribution < -0.4 is 5.32 Å². The molecule has 0 aromatic carbocycles. The molecule has 1 spiro atoms. The molecule has 2 aliphatic heterocycles. The standard InChI is InChI=1S/C20H26N4O3/c25-18(22-13-15-6-9-21-10-7-15)17-12-20(27-23-17)8-3-11-24(14-20)19(26)16-4-1-2-5-16/h6-7,9-10,16H,1-5,8,11-14H2,(H,22,25). The number of nitrogens with zero attached hydrogens (tertiary/aromatic N) is 3. The number of nitrogens with one attached hydrogen (secondary N) is 1. The number of carbonyl (C=O) groups excluding carboxylic acids is 2. The third-order valence-electron chi connectivity index (χ3n) is 5.86. The molecular weight excluding hydrogens is 344 g/mol. The van der Waals surface area contributed by atoms with Gasteiger partial charge in [0.2, 0.25) is 5.91 Å². The predicted octanol–water partition coefficient (Wildman–Crippen LogP) is 2.03. The Labute approximate surface area is 159 Å². The molecule has 1 aromatic rings. The molecule has 3 heterocycles. The second-order valence-corrected chi connectivity index (χ2v) is 7.87. The number of aromatic nitrogens is 1. The van der Waals surface area contributed by atoms with Crippen LogP contribution in [0.15, 0.2) is 29.7 Å². The minimum Gasteiger partial charge on any atom is -0.386 e. The zero-order valence-corrected chi connectivity index (χ0v) is 15.5. The van der Waals surface area contributed by atoms with Crippen molar-refractivity contribution in [3.63, 3.8) is 0 Å². The minimum atomic E-state index is -0.532. The summed E-state index contributed by atoms with van der Waals surface area (Å²) < 4.78 is 0. The summed E-state index contributed by atoms with van der Waals surface area (Å²) in [4.78, 5) is 36.9. The summed E-state index contributed by atoms with van der Waals surface area (Å²) >= 11 is 0. The third-order valence-corrected chi connectivity index (χ3v) is 5.86. The van der Waals surface area contributed by atoms with Crippen LogP contribution in [0.5, 0.6) is 0 Å². The molecule has 1 aliphatic carbocycles. The molecule has 2 amide bonds. The second-order valence-electron chi connectivity index (χ2n) is 7.87. The van der Waals surface area contributed by atoms with E-state index in [2.05, 4.69) is 15.5 Å². The summed E-state index contributed by atoms with van der Waals surface area (Å²) in [7, 11) is 0. The van der Waals surface area contributed by atoms with Crippen molar-refractivity contribution < 1.29 is 14.4 Å². The van der Waals surface area contributed by atoms with Crippen LogP contribution in [0.4, 0.5) is 0 Å². The van der Waals surface area contributed by atoms with Crippen molar-refractivity contribution in [2.75, 3.05) is 13.1 Å². The van der Waals surface area contributed by atoms with Crippen LogP contribution >= 0.6 is 0 Å². The fourth-order valence-corrected chi connectivity index (χ4v) is 4.36. The molecule has 27 heavy (non-hydrogen) atoms. The normalized spacial score (nSPS) is 25.3. The Balaban J connectivity index is 1.32. The van der Waals surface area contributed by atoms with Gasteiger partial charge >= 0.3 is 0 Å². The molecule has 3 aliphatic rings. The van der Waals surface area contributed by atoms with Crippen molar-refractivity contribution in [1.82, 2.24) is 15.2 Å². The molecule has 1 saturated carbocycles. The molecule has 7 heteroatoms. The van der Waals surface area contributed by atoms with Crippen molar-refractivity contribution in [2.24, 2.45) is 11.1 Å². The Bertz CT molecular complexity index is 730. The zero-order valence-electron chi connectivity index (χ0n) is 15.5. The predicted molar refractivity (Wildman–Crippen MR) is 99.7 cm³/mol. The van der Waals surface area contributed by atoms with Gasteiger partial charge in [0.1, 0.15) is 5.71 Å². The molecule has 7 nitrogen and oxygen atoms in total. The molecule has 0 radical (unpaired) electrons. The van der Waals surface area contributed by atoms with E-state index < -0.39 is 5.60 Å². The summed E-state index contributed by atoms with van der Waals surface area (Å²) in [6.07, 6.45) is 9.88. The highest BCUT2D eigenvalue weighted by atomic mass is 16.7. The average Bonchev–Trinajstić information content (AvgIpc) is 3.37. The van der Waals surface area contributed by atoms with E-state index in [1.807, 2.05) is 17.0 Å². The van der Waals surface area contributed by atoms with Gasteiger partial charge in [-0.25, -0.2) is 0 Å². The fraction of sp³-hybridized carbons (Fsp3) is 0.600. The van der Waals surface area contributed by atoms with Gasteiger partial charge in [-0.3, -0.25) is 14.6 Å². The van der Waals surface area contributed by atoms with E-state index in [0.717, 1.165) is 50.6 Å². The van der Waals surface area contributed by atoms with E-state index in [4.69, 9.17) is 4.84 Å². The molecule has 1 aromatic heterocycles. The first-order chi connectivity index (χ1) is 13.2. The first-order valence-electron chi connectivity index (χ1n) is 9.86. The number of likely N-dealkylation sites (tertiary alicyclic amines) is 1. The van der Waals surface area contributed by atoms with Gasteiger partial charge in [-0.2, -0.15) is 0 Å². The van der Waals surface area contributed by atoms with Gasteiger partial charge in [0.25, 0.3) is 5.91 Å². The molecule has 1 unspecified atom stereocenters. The Hall–Kier alpha value is -2.44. The summed E-state index contributed by atoms with van der Waals surface area (Å²) in [6.45, 7) is 1.75. The lowest BCUT2D eigenvalue weighted by Crippen LogP contribution is -2.52. The van der Waals surface area contributed by atoms with Crippen molar-refractivity contribution in [3.8, 4) is 0 Å². The number of hydrogen-bond donors (Lipinski definition) is 1. The van der Waals surface area contributed by atoms with Crippen LogP contribution in [0.25, 0.3) is 0 Å². The van der Waals surface area contributed by atoms with Crippen LogP contribution in [-0.4, -0.2) is 46.1 Å². The first-order valence-corrected chi connectivity index (χ1v) is 9.86. The SMILES string of the molecule is O=C(NCc1ccncc1)C1=NOC2(CCCN(C(=O)C3CCCC3)C2)C1. The maximum Gasteiger partial charge on any atom is 0.269 e. The van der Waals surface area contributed by atoms with Gasteiger partial charge in [0.05, 0.1) is 6.54 Å². The van der Waals surface area contributed by atoms with Gasteiger partial charge in [0, 0.05) is 37.8 Å². The largest absolute Gasteiger partial charge is 0.386 e. The highest BCUT2D eigenvalue weighted by molar-refractivity contribution is 6.39. The number of rotatable bonds is 4. The smallest absolute Gasteiger partial charge is 0.269 e. The Kier molecular flexibility index (Phi) is 5.09. The van der Waals surface area contributed by atoms with E-state index in [9.17, 15) is 9.59 Å². The highest BCUT2D eigenvalue weighted by Gasteiger charge is 2.46. The summed E-state index contributed by atoms with van der Waals surface area (Å²) in [5, 5.41) is 6.95. The maximum atomic E-state index is 12.8. The summed E-state index contributed by atoms with van der Waals surface area (Å²) in [5.41, 5.74) is 0.869. The molecular formula is C20H26N4O3. The van der Waals surface area contributed by atoms with E-state index in [1.54, 1.807) is 12.4 Å². The third kappa shape index (κ3) is 3.96. The van der Waals surface area contributed by atoms with Crippen LogP contribution in [0.3, 0.4) is 0 Å². The summed E-state index contributed by atoms with van der Waals surface area (Å²) in [5.74, 6) is 0.222. The van der Waals surface area contributed by atoms with Crippen LogP contribution in [0, 0.1) is 5.92 Å². The number of piperidine rings is 1. The van der Waals surface area contributed by atoms with Crippen molar-refractivity contribution in [1.29, 1.82) is 0 Å². The van der Waals surface area contributed by atoms with Crippen LogP contribution in [-0.2, 0) is 21.0 Å². The second kappa shape index (κ2) is 7.66. The fourth-order valence-electron chi connectivity index (χ4n) is 4.36. The van der Waals surface area contributed by atoms with E-state index in [1.165, 1.54) is 0 Å². The van der Waals surface area contributed by atoms with Crippen molar-refractivity contribution in [2.45, 2.75) is 57.1 Å². The van der Waals surface area contributed by atoms with Crippen molar-refractivity contribution in [3.05, 3.63) is 30.1 Å². The van der Waals surface area contributed by atoms with Crippen LogP contribution in [0.2, 0.25) is 0 Å². The topological polar surface area (TPSA) is 83.9 Å². The molecule has 4 rings (SSSR count). The Morgan fingerprint density at radius 3 is 2.78 bits per heavy atom. The van der Waals surface area contributed by atoms with Gasteiger partial charge in [-0.15, -0.1) is 0 Å². The molecule has 0 bridgehead atoms. The van der Waals surface area contributed by atoms with E-state index in [0.29, 0.717) is 25.2 Å². The Morgan fingerprint density at radius 2 is 2.00 bits per heavy atom. The van der Waals surface area contributed by atoms with E-state index in [-0.39, 0.29) is 17.7 Å². The Morgan fingerprint density at radius 1 is 1.22 bits per heavy atom. The molecule has 144 valence electrons. The van der Waals surface area contributed by atoms with Gasteiger partial charge in [-0.05, 0) is 43.4 Å². The zero-order chi connectivity index (χ0) is 18.7.